The highest BCUT2D eigenvalue weighted by Crippen LogP contribution is 2.03. The SMILES string of the molecule is C[C@H](CO)NS(=O)(=O)c1ccccn1. The molecule has 14 heavy (non-hydrogen) atoms. The van der Waals surface area contributed by atoms with E-state index in [4.69, 9.17) is 5.11 Å². The Hall–Kier alpha value is -0.980. The predicted molar refractivity (Wildman–Crippen MR) is 51.1 cm³/mol. The van der Waals surface area contributed by atoms with E-state index in [1.54, 1.807) is 19.1 Å². The molecule has 0 unspecified atom stereocenters. The van der Waals surface area contributed by atoms with Gasteiger partial charge in [0.2, 0.25) is 0 Å². The summed E-state index contributed by atoms with van der Waals surface area (Å²) in [5.74, 6) is 0. The van der Waals surface area contributed by atoms with E-state index in [-0.39, 0.29) is 11.6 Å². The van der Waals surface area contributed by atoms with Gasteiger partial charge in [-0.15, -0.1) is 0 Å². The van der Waals surface area contributed by atoms with Gasteiger partial charge >= 0.3 is 0 Å². The third kappa shape index (κ3) is 2.76. The average molecular weight is 216 g/mol. The Morgan fingerprint density at radius 3 is 2.79 bits per heavy atom. The van der Waals surface area contributed by atoms with Crippen molar-refractivity contribution in [1.29, 1.82) is 0 Å². The summed E-state index contributed by atoms with van der Waals surface area (Å²) in [6.07, 6.45) is 1.40. The first-order valence-corrected chi connectivity index (χ1v) is 5.59. The molecule has 0 saturated heterocycles. The van der Waals surface area contributed by atoms with Crippen LogP contribution in [0.1, 0.15) is 6.92 Å². The maximum absolute atomic E-state index is 11.5. The Morgan fingerprint density at radius 1 is 1.57 bits per heavy atom. The molecule has 0 saturated carbocycles. The fraction of sp³-hybridized carbons (Fsp3) is 0.375. The molecule has 5 nitrogen and oxygen atoms in total. The highest BCUT2D eigenvalue weighted by Gasteiger charge is 2.17. The van der Waals surface area contributed by atoms with E-state index in [0.29, 0.717) is 0 Å². The van der Waals surface area contributed by atoms with Crippen LogP contribution in [-0.4, -0.2) is 31.2 Å². The van der Waals surface area contributed by atoms with E-state index >= 15 is 0 Å². The zero-order valence-corrected chi connectivity index (χ0v) is 8.53. The van der Waals surface area contributed by atoms with Gasteiger partial charge in [-0.05, 0) is 19.1 Å². The van der Waals surface area contributed by atoms with Crippen molar-refractivity contribution in [3.05, 3.63) is 24.4 Å². The van der Waals surface area contributed by atoms with Crippen molar-refractivity contribution in [2.45, 2.75) is 18.0 Å². The van der Waals surface area contributed by atoms with Gasteiger partial charge in [-0.25, -0.2) is 18.1 Å². The number of nitrogens with one attached hydrogen (secondary N) is 1. The van der Waals surface area contributed by atoms with Crippen LogP contribution in [0.25, 0.3) is 0 Å². The van der Waals surface area contributed by atoms with E-state index in [1.165, 1.54) is 12.3 Å². The predicted octanol–water partition coefficient (Wildman–Crippen LogP) is -0.259. The number of aliphatic hydroxyl groups excluding tert-OH is 1. The fourth-order valence-corrected chi connectivity index (χ4v) is 2.05. The fourth-order valence-electron chi connectivity index (χ4n) is 0.869. The first-order valence-electron chi connectivity index (χ1n) is 4.10. The summed E-state index contributed by atoms with van der Waals surface area (Å²) in [6.45, 7) is 1.33. The smallest absolute Gasteiger partial charge is 0.258 e. The van der Waals surface area contributed by atoms with E-state index < -0.39 is 16.1 Å². The Bertz CT molecular complexity index is 377. The van der Waals surface area contributed by atoms with Gasteiger partial charge in [0, 0.05) is 12.2 Å². The maximum Gasteiger partial charge on any atom is 0.258 e. The summed E-state index contributed by atoms with van der Waals surface area (Å²) in [5, 5.41) is 8.66. The van der Waals surface area contributed by atoms with Gasteiger partial charge in [0.25, 0.3) is 10.0 Å². The molecule has 1 heterocycles. The molecule has 1 aromatic rings. The second kappa shape index (κ2) is 4.50. The van der Waals surface area contributed by atoms with Gasteiger partial charge in [0.15, 0.2) is 5.03 Å². The number of sulfonamides is 1. The minimum atomic E-state index is -3.59. The van der Waals surface area contributed by atoms with Crippen LogP contribution in [0.15, 0.2) is 29.4 Å². The molecule has 1 rings (SSSR count). The first-order chi connectivity index (χ1) is 6.56. The lowest BCUT2D eigenvalue weighted by molar-refractivity contribution is 0.265. The lowest BCUT2D eigenvalue weighted by Gasteiger charge is -2.10. The molecule has 0 bridgehead atoms. The third-order valence-corrected chi connectivity index (χ3v) is 3.05. The summed E-state index contributed by atoms with van der Waals surface area (Å²) >= 11 is 0. The van der Waals surface area contributed by atoms with Crippen molar-refractivity contribution in [2.75, 3.05) is 6.61 Å². The van der Waals surface area contributed by atoms with Crippen LogP contribution in [0.2, 0.25) is 0 Å². The average Bonchev–Trinajstić information content (AvgIpc) is 2.18. The zero-order chi connectivity index (χ0) is 10.6. The number of rotatable bonds is 4. The Morgan fingerprint density at radius 2 is 2.29 bits per heavy atom. The second-order valence-corrected chi connectivity index (χ2v) is 4.53. The summed E-state index contributed by atoms with van der Waals surface area (Å²) in [6, 6.07) is 4.11. The molecule has 0 aromatic carbocycles. The van der Waals surface area contributed by atoms with E-state index in [1.807, 2.05) is 0 Å². The molecule has 0 aliphatic rings. The van der Waals surface area contributed by atoms with Crippen LogP contribution < -0.4 is 4.72 Å². The molecule has 1 aromatic heterocycles. The van der Waals surface area contributed by atoms with E-state index in [0.717, 1.165) is 0 Å². The highest BCUT2D eigenvalue weighted by atomic mass is 32.2. The van der Waals surface area contributed by atoms with Gasteiger partial charge in [-0.1, -0.05) is 6.07 Å². The minimum Gasteiger partial charge on any atom is -0.395 e. The van der Waals surface area contributed by atoms with Gasteiger partial charge in [-0.2, -0.15) is 0 Å². The van der Waals surface area contributed by atoms with Gasteiger partial charge < -0.3 is 5.11 Å². The van der Waals surface area contributed by atoms with Crippen molar-refractivity contribution in [3.8, 4) is 0 Å². The molecule has 1 atom stereocenters. The molecule has 0 radical (unpaired) electrons. The molecular formula is C8H12N2O3S. The molecule has 2 N–H and O–H groups in total. The molecule has 0 fully saturated rings. The van der Waals surface area contributed by atoms with Crippen molar-refractivity contribution >= 4 is 10.0 Å². The van der Waals surface area contributed by atoms with Crippen LogP contribution in [-0.2, 0) is 10.0 Å². The molecular weight excluding hydrogens is 204 g/mol. The van der Waals surface area contributed by atoms with E-state index in [9.17, 15) is 8.42 Å². The Labute approximate surface area is 82.9 Å². The molecule has 6 heteroatoms. The Kier molecular flexibility index (Phi) is 3.56. The monoisotopic (exact) mass is 216 g/mol. The van der Waals surface area contributed by atoms with Crippen LogP contribution in [0.4, 0.5) is 0 Å². The number of nitrogens with zero attached hydrogens (tertiary/aromatic N) is 1. The quantitative estimate of drug-likeness (QED) is 0.726. The number of hydrogen-bond donors (Lipinski definition) is 2. The van der Waals surface area contributed by atoms with Gasteiger partial charge in [0.05, 0.1) is 6.61 Å². The third-order valence-electron chi connectivity index (χ3n) is 1.54. The van der Waals surface area contributed by atoms with Crippen LogP contribution >= 0.6 is 0 Å². The molecule has 0 spiro atoms. The summed E-state index contributed by atoms with van der Waals surface area (Å²) in [7, 11) is -3.59. The molecule has 0 aliphatic carbocycles. The van der Waals surface area contributed by atoms with Crippen molar-refractivity contribution in [2.24, 2.45) is 0 Å². The molecule has 78 valence electrons. The van der Waals surface area contributed by atoms with Crippen LogP contribution in [0.5, 0.6) is 0 Å². The van der Waals surface area contributed by atoms with Gasteiger partial charge in [0.1, 0.15) is 0 Å². The summed E-state index contributed by atoms with van der Waals surface area (Å²) < 4.78 is 25.3. The van der Waals surface area contributed by atoms with Crippen molar-refractivity contribution < 1.29 is 13.5 Å². The van der Waals surface area contributed by atoms with Crippen LogP contribution in [0, 0.1) is 0 Å². The largest absolute Gasteiger partial charge is 0.395 e. The van der Waals surface area contributed by atoms with Crippen LogP contribution in [0.3, 0.4) is 0 Å². The topological polar surface area (TPSA) is 79.3 Å². The molecule has 0 aliphatic heterocycles. The minimum absolute atomic E-state index is 0.0414. The van der Waals surface area contributed by atoms with Crippen molar-refractivity contribution in [3.63, 3.8) is 0 Å². The standard InChI is InChI=1S/C8H12N2O3S/c1-7(6-11)10-14(12,13)8-4-2-3-5-9-8/h2-5,7,10-11H,6H2,1H3/t7-/m1/s1. The number of pyridine rings is 1. The summed E-state index contributed by atoms with van der Waals surface area (Å²) in [4.78, 5) is 3.71. The van der Waals surface area contributed by atoms with E-state index in [2.05, 4.69) is 9.71 Å². The lowest BCUT2D eigenvalue weighted by atomic mass is 10.4. The first kappa shape index (κ1) is 11.1. The number of hydrogen-bond acceptors (Lipinski definition) is 4. The summed E-state index contributed by atoms with van der Waals surface area (Å²) in [5.41, 5.74) is 0. The lowest BCUT2D eigenvalue weighted by Crippen LogP contribution is -2.35. The number of aromatic nitrogens is 1. The zero-order valence-electron chi connectivity index (χ0n) is 7.71. The van der Waals surface area contributed by atoms with Gasteiger partial charge in [-0.3, -0.25) is 0 Å². The van der Waals surface area contributed by atoms with Crippen molar-refractivity contribution in [1.82, 2.24) is 9.71 Å². The molecule has 0 amide bonds. The highest BCUT2D eigenvalue weighted by molar-refractivity contribution is 7.89. The normalized spacial score (nSPS) is 13.9. The maximum atomic E-state index is 11.5. The number of aliphatic hydroxyl groups is 1. The second-order valence-electron chi connectivity index (χ2n) is 2.87. The Balaban J connectivity index is 2.87.